The Kier molecular flexibility index (Phi) is 5.50. The molecule has 1 aromatic heterocycles. The van der Waals surface area contributed by atoms with Crippen molar-refractivity contribution in [2.24, 2.45) is 17.3 Å². The molecule has 3 aliphatic rings. The lowest BCUT2D eigenvalue weighted by atomic mass is 9.78. The van der Waals surface area contributed by atoms with Crippen LogP contribution in [0.1, 0.15) is 24.8 Å². The molecule has 3 aliphatic heterocycles. The third-order valence-corrected chi connectivity index (χ3v) is 7.74. The Labute approximate surface area is 186 Å². The van der Waals surface area contributed by atoms with E-state index in [1.54, 1.807) is 24.4 Å². The second-order valence-corrected chi connectivity index (χ2v) is 9.69. The fourth-order valence-corrected chi connectivity index (χ4v) is 6.03. The van der Waals surface area contributed by atoms with E-state index in [9.17, 15) is 18.4 Å². The lowest BCUT2D eigenvalue weighted by Crippen LogP contribution is -2.41. The summed E-state index contributed by atoms with van der Waals surface area (Å²) in [6, 6.07) is 9.19. The Morgan fingerprint density at radius 1 is 1.16 bits per heavy atom. The van der Waals surface area contributed by atoms with Crippen molar-refractivity contribution >= 4 is 16.6 Å². The number of fused-ring (bicyclic) bond motifs is 1. The molecule has 3 fully saturated rings. The van der Waals surface area contributed by atoms with Gasteiger partial charge in [-0.25, -0.2) is 0 Å². The average molecular weight is 444 g/mol. The van der Waals surface area contributed by atoms with Crippen LogP contribution >= 0.6 is 0 Å². The van der Waals surface area contributed by atoms with Crippen LogP contribution in [0.25, 0.3) is 10.9 Å². The third kappa shape index (κ3) is 3.93. The van der Waals surface area contributed by atoms with Crippen LogP contribution in [0.15, 0.2) is 30.5 Å². The summed E-state index contributed by atoms with van der Waals surface area (Å²) in [5, 5.41) is 13.5. The van der Waals surface area contributed by atoms with Gasteiger partial charge in [0.05, 0.1) is 17.0 Å². The van der Waals surface area contributed by atoms with Gasteiger partial charge in [0.25, 0.3) is 0 Å². The highest BCUT2D eigenvalue weighted by molar-refractivity contribution is 5.95. The van der Waals surface area contributed by atoms with Crippen LogP contribution in [0.2, 0.25) is 0 Å². The van der Waals surface area contributed by atoms with E-state index in [-0.39, 0.29) is 12.0 Å². The van der Waals surface area contributed by atoms with Crippen molar-refractivity contribution in [3.05, 3.63) is 36.0 Å². The number of anilines is 1. The summed E-state index contributed by atoms with van der Waals surface area (Å²) in [5.41, 5.74) is 2.01. The summed E-state index contributed by atoms with van der Waals surface area (Å²) in [6.07, 6.45) is 0.711. The van der Waals surface area contributed by atoms with E-state index in [1.165, 1.54) is 0 Å². The number of aromatic nitrogens is 1. The van der Waals surface area contributed by atoms with Gasteiger partial charge in [-0.15, -0.1) is 0 Å². The molecular formula is C24H28F3N5. The molecule has 0 radical (unpaired) electrons. The Balaban J connectivity index is 1.38. The quantitative estimate of drug-likeness (QED) is 0.782. The standard InChI is InChI=1S/C24H28F3N5/c25-24(26,27)20-15-32(21-4-3-17(12-28)22-19(21)2-1-8-30-22)14-18(20)13-31-11-7-23(16-31)5-9-29-10-6-23/h1-4,8,18,20,29H,5-7,9-11,13-16H2/t18-,20-/m0/s1. The highest BCUT2D eigenvalue weighted by Crippen LogP contribution is 2.43. The first kappa shape index (κ1) is 21.5. The average Bonchev–Trinajstić information content (AvgIpc) is 3.38. The van der Waals surface area contributed by atoms with Crippen LogP contribution in [0.4, 0.5) is 18.9 Å². The zero-order valence-electron chi connectivity index (χ0n) is 18.0. The summed E-state index contributed by atoms with van der Waals surface area (Å²) in [5.74, 6) is -1.82. The van der Waals surface area contributed by atoms with E-state index >= 15 is 0 Å². The van der Waals surface area contributed by atoms with Crippen molar-refractivity contribution in [1.82, 2.24) is 15.2 Å². The molecule has 0 unspecified atom stereocenters. The molecule has 170 valence electrons. The molecular weight excluding hydrogens is 415 g/mol. The van der Waals surface area contributed by atoms with Crippen LogP contribution in [0.3, 0.4) is 0 Å². The van der Waals surface area contributed by atoms with E-state index in [4.69, 9.17) is 0 Å². The van der Waals surface area contributed by atoms with Gasteiger partial charge in [-0.1, -0.05) is 0 Å². The van der Waals surface area contributed by atoms with E-state index in [0.717, 1.165) is 56.5 Å². The molecule has 1 aromatic carbocycles. The van der Waals surface area contributed by atoms with Gasteiger partial charge in [0, 0.05) is 49.4 Å². The number of likely N-dealkylation sites (tertiary alicyclic amines) is 1. The van der Waals surface area contributed by atoms with Gasteiger partial charge in [0.15, 0.2) is 0 Å². The van der Waals surface area contributed by atoms with Crippen LogP contribution in [-0.4, -0.2) is 61.9 Å². The maximum atomic E-state index is 14.0. The first-order valence-electron chi connectivity index (χ1n) is 11.4. The van der Waals surface area contributed by atoms with Gasteiger partial charge in [0.2, 0.25) is 0 Å². The SMILES string of the molecule is N#Cc1ccc(N2C[C@H](CN3CCC4(CCNCC4)C3)[C@@H](C(F)(F)F)C2)c2cccnc12. The number of hydrogen-bond donors (Lipinski definition) is 1. The largest absolute Gasteiger partial charge is 0.393 e. The Morgan fingerprint density at radius 2 is 1.97 bits per heavy atom. The zero-order valence-corrected chi connectivity index (χ0v) is 18.0. The van der Waals surface area contributed by atoms with Gasteiger partial charge in [-0.2, -0.15) is 18.4 Å². The molecule has 5 rings (SSSR count). The van der Waals surface area contributed by atoms with Gasteiger partial charge in [0.1, 0.15) is 6.07 Å². The molecule has 0 bridgehead atoms. The highest BCUT2D eigenvalue weighted by Gasteiger charge is 2.51. The lowest BCUT2D eigenvalue weighted by molar-refractivity contribution is -0.180. The van der Waals surface area contributed by atoms with Gasteiger partial charge in [-0.3, -0.25) is 4.98 Å². The van der Waals surface area contributed by atoms with Crippen molar-refractivity contribution in [2.45, 2.75) is 25.4 Å². The van der Waals surface area contributed by atoms with Gasteiger partial charge < -0.3 is 15.1 Å². The van der Waals surface area contributed by atoms with Crippen molar-refractivity contribution in [3.8, 4) is 6.07 Å². The number of alkyl halides is 3. The first-order valence-corrected chi connectivity index (χ1v) is 11.4. The van der Waals surface area contributed by atoms with Crippen molar-refractivity contribution in [3.63, 3.8) is 0 Å². The molecule has 1 N–H and O–H groups in total. The van der Waals surface area contributed by atoms with Crippen LogP contribution in [0, 0.1) is 28.6 Å². The maximum Gasteiger partial charge on any atom is 0.393 e. The fraction of sp³-hybridized carbons (Fsp3) is 0.583. The Bertz CT molecular complexity index is 1020. The topological polar surface area (TPSA) is 55.2 Å². The zero-order chi connectivity index (χ0) is 22.3. The number of pyridine rings is 1. The summed E-state index contributed by atoms with van der Waals surface area (Å²) >= 11 is 0. The number of nitriles is 1. The number of halogens is 3. The summed E-state index contributed by atoms with van der Waals surface area (Å²) in [6.45, 7) is 4.64. The second kappa shape index (κ2) is 8.20. The summed E-state index contributed by atoms with van der Waals surface area (Å²) in [4.78, 5) is 8.44. The molecule has 3 saturated heterocycles. The minimum atomic E-state index is -4.23. The van der Waals surface area contributed by atoms with Crippen LogP contribution in [0.5, 0.6) is 0 Å². The Hall–Kier alpha value is -2.37. The monoisotopic (exact) mass is 443 g/mol. The van der Waals surface area contributed by atoms with E-state index in [1.807, 2.05) is 11.0 Å². The van der Waals surface area contributed by atoms with Crippen LogP contribution < -0.4 is 10.2 Å². The van der Waals surface area contributed by atoms with Crippen molar-refractivity contribution in [1.29, 1.82) is 5.26 Å². The van der Waals surface area contributed by atoms with Crippen molar-refractivity contribution in [2.75, 3.05) is 50.7 Å². The smallest absolute Gasteiger partial charge is 0.370 e. The van der Waals surface area contributed by atoms with Gasteiger partial charge >= 0.3 is 6.18 Å². The molecule has 2 aromatic rings. The molecule has 2 atom stereocenters. The molecule has 8 heteroatoms. The number of hydrogen-bond acceptors (Lipinski definition) is 5. The van der Waals surface area contributed by atoms with E-state index < -0.39 is 18.0 Å². The molecule has 4 heterocycles. The summed E-state index contributed by atoms with van der Waals surface area (Å²) in [7, 11) is 0. The molecule has 32 heavy (non-hydrogen) atoms. The lowest BCUT2D eigenvalue weighted by Gasteiger charge is -2.34. The molecule has 0 saturated carbocycles. The number of nitrogens with zero attached hydrogens (tertiary/aromatic N) is 4. The van der Waals surface area contributed by atoms with Crippen molar-refractivity contribution < 1.29 is 13.2 Å². The summed E-state index contributed by atoms with van der Waals surface area (Å²) < 4.78 is 42.1. The Morgan fingerprint density at radius 3 is 2.72 bits per heavy atom. The fourth-order valence-electron chi connectivity index (χ4n) is 6.03. The molecule has 1 spiro atoms. The van der Waals surface area contributed by atoms with Gasteiger partial charge in [-0.05, 0) is 68.6 Å². The minimum Gasteiger partial charge on any atom is -0.370 e. The van der Waals surface area contributed by atoms with E-state index in [0.29, 0.717) is 24.2 Å². The number of piperidine rings is 1. The number of nitrogens with one attached hydrogen (secondary N) is 1. The molecule has 0 aliphatic carbocycles. The third-order valence-electron chi connectivity index (χ3n) is 7.74. The van der Waals surface area contributed by atoms with Crippen LogP contribution in [-0.2, 0) is 0 Å². The molecule has 5 nitrogen and oxygen atoms in total. The minimum absolute atomic E-state index is 0.0486. The number of benzene rings is 1. The van der Waals surface area contributed by atoms with E-state index in [2.05, 4.69) is 21.3 Å². The first-order chi connectivity index (χ1) is 15.4. The predicted octanol–water partition coefficient (Wildman–Crippen LogP) is 3.80. The highest BCUT2D eigenvalue weighted by atomic mass is 19.4. The second-order valence-electron chi connectivity index (χ2n) is 9.69. The normalized spacial score (nSPS) is 26.1. The predicted molar refractivity (Wildman–Crippen MR) is 117 cm³/mol. The molecule has 0 amide bonds. The maximum absolute atomic E-state index is 14.0. The number of rotatable bonds is 3.